The number of hydrogen-bond donors (Lipinski definition) is 1. The van der Waals surface area contributed by atoms with E-state index >= 15 is 0 Å². The summed E-state index contributed by atoms with van der Waals surface area (Å²) in [4.78, 5) is 67.1. The Bertz CT molecular complexity index is 1970. The number of amides is 3. The third-order valence-electron chi connectivity index (χ3n) is 7.94. The second-order valence-electron chi connectivity index (χ2n) is 10.8. The zero-order valence-corrected chi connectivity index (χ0v) is 26.9. The van der Waals surface area contributed by atoms with Crippen molar-refractivity contribution in [2.75, 3.05) is 23.9 Å². The number of ether oxygens (including phenoxy) is 2. The molecule has 4 aromatic rings. The van der Waals surface area contributed by atoms with Crippen molar-refractivity contribution in [3.05, 3.63) is 104 Å². The molecule has 1 aromatic heterocycles. The normalized spacial score (nSPS) is 18.7. The van der Waals surface area contributed by atoms with Gasteiger partial charge < -0.3 is 14.8 Å². The molecule has 10 nitrogen and oxygen atoms in total. The van der Waals surface area contributed by atoms with E-state index in [1.807, 2.05) is 0 Å². The van der Waals surface area contributed by atoms with Gasteiger partial charge in [-0.2, -0.15) is 13.2 Å². The third-order valence-corrected chi connectivity index (χ3v) is 10.5. The minimum Gasteiger partial charge on any atom is -0.497 e. The van der Waals surface area contributed by atoms with Crippen LogP contribution in [0.15, 0.2) is 82.6 Å². The number of halogens is 3. The largest absolute Gasteiger partial charge is 0.497 e. The van der Waals surface area contributed by atoms with Crippen LogP contribution in [0.2, 0.25) is 0 Å². The monoisotopic (exact) mass is 697 g/mol. The SMILES string of the molecule is CCOC(=O)c1ccc(NC(=O)Cn2c3c(sc2=O)[C@@H](c2ccc(OC)cc2)C2C(=O)N(c4cccc(C(F)(F)F)c4)C(=O)C2S3)cc1. The van der Waals surface area contributed by atoms with E-state index in [0.717, 1.165) is 46.2 Å². The molecule has 3 heterocycles. The maximum atomic E-state index is 14.0. The van der Waals surface area contributed by atoms with Crippen LogP contribution in [0.4, 0.5) is 24.5 Å². The van der Waals surface area contributed by atoms with Crippen LogP contribution in [0.5, 0.6) is 5.75 Å². The number of alkyl halides is 3. The van der Waals surface area contributed by atoms with Gasteiger partial charge in [-0.15, -0.1) is 0 Å². The molecule has 1 saturated heterocycles. The highest BCUT2D eigenvalue weighted by molar-refractivity contribution is 8.00. The summed E-state index contributed by atoms with van der Waals surface area (Å²) in [6.45, 7) is 1.46. The van der Waals surface area contributed by atoms with Gasteiger partial charge in [0.2, 0.25) is 17.7 Å². The molecule has 1 fully saturated rings. The number of nitrogens with zero attached hydrogens (tertiary/aromatic N) is 2. The van der Waals surface area contributed by atoms with Gasteiger partial charge in [-0.3, -0.25) is 23.7 Å². The summed E-state index contributed by atoms with van der Waals surface area (Å²) in [5.41, 5.74) is 0.0198. The number of carbonyl (C=O) groups is 4. The molecule has 2 unspecified atom stereocenters. The second kappa shape index (κ2) is 13.0. The van der Waals surface area contributed by atoms with Crippen LogP contribution in [0.25, 0.3) is 0 Å². The molecule has 2 aliphatic rings. The topological polar surface area (TPSA) is 124 Å². The lowest BCUT2D eigenvalue weighted by Crippen LogP contribution is -2.33. The van der Waals surface area contributed by atoms with E-state index in [4.69, 9.17) is 9.47 Å². The molecule has 3 atom stereocenters. The van der Waals surface area contributed by atoms with Crippen molar-refractivity contribution >= 4 is 58.2 Å². The van der Waals surface area contributed by atoms with E-state index in [-0.39, 0.29) is 12.3 Å². The van der Waals surface area contributed by atoms with Crippen LogP contribution < -0.4 is 19.8 Å². The quantitative estimate of drug-likeness (QED) is 0.188. The zero-order valence-electron chi connectivity index (χ0n) is 25.3. The fraction of sp³-hybridized carbons (Fsp3) is 0.242. The van der Waals surface area contributed by atoms with Crippen molar-refractivity contribution in [2.45, 2.75) is 35.8 Å². The smallest absolute Gasteiger partial charge is 0.416 e. The van der Waals surface area contributed by atoms with E-state index in [0.29, 0.717) is 32.5 Å². The van der Waals surface area contributed by atoms with E-state index in [2.05, 4.69) is 5.32 Å². The zero-order chi connectivity index (χ0) is 34.3. The number of thiazole rings is 1. The van der Waals surface area contributed by atoms with Gasteiger partial charge in [-0.1, -0.05) is 41.3 Å². The molecule has 48 heavy (non-hydrogen) atoms. The molecule has 0 radical (unpaired) electrons. The first-order chi connectivity index (χ1) is 22.9. The minimum atomic E-state index is -4.70. The number of thioether (sulfide) groups is 1. The van der Waals surface area contributed by atoms with Crippen LogP contribution in [-0.4, -0.2) is 47.2 Å². The highest BCUT2D eigenvalue weighted by atomic mass is 32.2. The number of esters is 1. The Balaban J connectivity index is 1.35. The van der Waals surface area contributed by atoms with Gasteiger partial charge in [0.1, 0.15) is 17.5 Å². The first kappa shape index (κ1) is 33.0. The van der Waals surface area contributed by atoms with Gasteiger partial charge in [-0.05, 0) is 67.1 Å². The van der Waals surface area contributed by atoms with E-state index < -0.39 is 63.9 Å². The van der Waals surface area contributed by atoms with Gasteiger partial charge in [0.05, 0.1) is 41.5 Å². The first-order valence-electron chi connectivity index (χ1n) is 14.6. The molecule has 6 rings (SSSR count). The fourth-order valence-electron chi connectivity index (χ4n) is 5.75. The van der Waals surface area contributed by atoms with Gasteiger partial charge in [0.25, 0.3) is 0 Å². The van der Waals surface area contributed by atoms with Crippen molar-refractivity contribution in [3.8, 4) is 5.75 Å². The Morgan fingerprint density at radius 2 is 1.67 bits per heavy atom. The Labute approximate surface area is 279 Å². The van der Waals surface area contributed by atoms with Crippen molar-refractivity contribution in [1.29, 1.82) is 0 Å². The summed E-state index contributed by atoms with van der Waals surface area (Å²) in [5, 5.41) is 1.91. The number of anilines is 2. The summed E-state index contributed by atoms with van der Waals surface area (Å²) < 4.78 is 52.1. The molecular weight excluding hydrogens is 672 g/mol. The Morgan fingerprint density at radius 1 is 0.958 bits per heavy atom. The number of hydrogen-bond acceptors (Lipinski definition) is 9. The van der Waals surface area contributed by atoms with E-state index in [9.17, 15) is 37.1 Å². The van der Waals surface area contributed by atoms with Crippen LogP contribution in [0.1, 0.15) is 39.2 Å². The molecule has 2 aliphatic heterocycles. The molecule has 1 N–H and O–H groups in total. The Morgan fingerprint density at radius 3 is 2.31 bits per heavy atom. The van der Waals surface area contributed by atoms with Crippen LogP contribution in [-0.2, 0) is 31.8 Å². The predicted octanol–water partition coefficient (Wildman–Crippen LogP) is 5.55. The van der Waals surface area contributed by atoms with Crippen molar-refractivity contribution in [3.63, 3.8) is 0 Å². The average molecular weight is 698 g/mol. The number of methoxy groups -OCH3 is 1. The maximum Gasteiger partial charge on any atom is 0.416 e. The number of imide groups is 1. The summed E-state index contributed by atoms with van der Waals surface area (Å²) in [6, 6.07) is 16.7. The minimum absolute atomic E-state index is 0.207. The van der Waals surface area contributed by atoms with Gasteiger partial charge in [-0.25, -0.2) is 9.69 Å². The summed E-state index contributed by atoms with van der Waals surface area (Å²) >= 11 is 1.78. The molecule has 0 bridgehead atoms. The molecule has 248 valence electrons. The Kier molecular flexibility index (Phi) is 8.92. The number of aromatic nitrogens is 1. The van der Waals surface area contributed by atoms with Crippen molar-refractivity contribution in [2.24, 2.45) is 5.92 Å². The summed E-state index contributed by atoms with van der Waals surface area (Å²) in [5.74, 6) is -3.84. The lowest BCUT2D eigenvalue weighted by molar-refractivity contribution is -0.137. The molecule has 3 amide bonds. The molecule has 0 saturated carbocycles. The third kappa shape index (κ3) is 6.10. The van der Waals surface area contributed by atoms with Crippen molar-refractivity contribution < 1.29 is 41.8 Å². The standard InChI is InChI=1S/C33H26F3N3O7S2/c1-3-46-31(43)18-7-11-20(12-8-18)37-23(40)16-38-30-27(48-32(38)44)24(17-9-13-22(45-2)14-10-17)25-26(47-30)29(42)39(28(25)41)21-6-4-5-19(15-21)33(34,35)36/h4-15,24-26H,3,16H2,1-2H3,(H,37,40)/t24-,25?,26?/m0/s1. The molecule has 0 spiro atoms. The van der Waals surface area contributed by atoms with Crippen LogP contribution >= 0.6 is 23.1 Å². The molecule has 3 aromatic carbocycles. The molecular formula is C33H26F3N3O7S2. The first-order valence-corrected chi connectivity index (χ1v) is 16.3. The van der Waals surface area contributed by atoms with Gasteiger partial charge in [0.15, 0.2) is 0 Å². The molecule has 15 heteroatoms. The molecule has 0 aliphatic carbocycles. The van der Waals surface area contributed by atoms with E-state index in [1.165, 1.54) is 42.0 Å². The van der Waals surface area contributed by atoms with Gasteiger partial charge >= 0.3 is 17.0 Å². The van der Waals surface area contributed by atoms with E-state index in [1.54, 1.807) is 31.2 Å². The summed E-state index contributed by atoms with van der Waals surface area (Å²) in [7, 11) is 1.48. The van der Waals surface area contributed by atoms with Crippen LogP contribution in [0, 0.1) is 5.92 Å². The average Bonchev–Trinajstić information content (AvgIpc) is 3.51. The van der Waals surface area contributed by atoms with Crippen LogP contribution in [0.3, 0.4) is 0 Å². The lowest BCUT2D eigenvalue weighted by atomic mass is 9.83. The predicted molar refractivity (Wildman–Crippen MR) is 172 cm³/mol. The Hall–Kier alpha value is -4.89. The number of nitrogens with one attached hydrogen (secondary N) is 1. The fourth-order valence-corrected chi connectivity index (χ4v) is 8.52. The lowest BCUT2D eigenvalue weighted by Gasteiger charge is -2.30. The van der Waals surface area contributed by atoms with Gasteiger partial charge in [0, 0.05) is 16.5 Å². The number of benzene rings is 3. The highest BCUT2D eigenvalue weighted by Crippen LogP contribution is 2.54. The highest BCUT2D eigenvalue weighted by Gasteiger charge is 2.57. The number of rotatable bonds is 8. The maximum absolute atomic E-state index is 14.0. The van der Waals surface area contributed by atoms with Crippen molar-refractivity contribution in [1.82, 2.24) is 4.57 Å². The number of carbonyl (C=O) groups excluding carboxylic acids is 4. The summed E-state index contributed by atoms with van der Waals surface area (Å²) in [6.07, 6.45) is -4.70. The number of fused-ring (bicyclic) bond motifs is 2. The second-order valence-corrected chi connectivity index (χ2v) is 13.0.